The minimum Gasteiger partial charge on any atom is -0.497 e. The van der Waals surface area contributed by atoms with Crippen LogP contribution in [-0.2, 0) is 14.8 Å². The number of fused-ring (bicyclic) bond motifs is 1. The number of benzene rings is 2. The summed E-state index contributed by atoms with van der Waals surface area (Å²) < 4.78 is 39.5. The van der Waals surface area contributed by atoms with Crippen molar-refractivity contribution in [2.45, 2.75) is 39.0 Å². The van der Waals surface area contributed by atoms with E-state index in [2.05, 4.69) is 4.72 Å². The number of nitrogens with zero attached hydrogens (tertiary/aromatic N) is 1. The van der Waals surface area contributed by atoms with Crippen molar-refractivity contribution in [1.82, 2.24) is 0 Å². The van der Waals surface area contributed by atoms with Gasteiger partial charge in [-0.15, -0.1) is 0 Å². The molecule has 162 valence electrons. The Morgan fingerprint density at radius 1 is 1.20 bits per heavy atom. The van der Waals surface area contributed by atoms with Gasteiger partial charge in [-0.3, -0.25) is 9.52 Å². The molecule has 1 amide bonds. The average Bonchev–Trinajstić information content (AvgIpc) is 2.78. The summed E-state index contributed by atoms with van der Waals surface area (Å²) in [5.74, 6) is 1.06. The molecular formula is C22H28N2O5S. The van der Waals surface area contributed by atoms with Crippen molar-refractivity contribution < 1.29 is 22.7 Å². The molecule has 0 unspecified atom stereocenters. The molecule has 1 aliphatic heterocycles. The number of hydrogen-bond donors (Lipinski definition) is 1. The summed E-state index contributed by atoms with van der Waals surface area (Å²) >= 11 is 0. The van der Waals surface area contributed by atoms with Crippen molar-refractivity contribution >= 4 is 27.3 Å². The molecule has 0 spiro atoms. The molecule has 0 aliphatic carbocycles. The standard InChI is InChI=1S/C22H28N2O5S/c1-6-11-24-18-9-7-16(13-19(18)29-14-22(3,4)21(24)25)23-30(26,27)20-10-8-17(28-5)12-15(20)2/h7-10,12-13,23H,6,11,14H2,1-5H3. The first-order valence-corrected chi connectivity index (χ1v) is 11.3. The van der Waals surface area contributed by atoms with Gasteiger partial charge in [0.05, 0.1) is 28.8 Å². The largest absolute Gasteiger partial charge is 0.497 e. The lowest BCUT2D eigenvalue weighted by atomic mass is 9.93. The van der Waals surface area contributed by atoms with E-state index in [9.17, 15) is 13.2 Å². The molecule has 1 heterocycles. The van der Waals surface area contributed by atoms with Gasteiger partial charge in [0.1, 0.15) is 18.1 Å². The van der Waals surface area contributed by atoms with E-state index in [0.717, 1.165) is 6.42 Å². The molecule has 0 atom stereocenters. The lowest BCUT2D eigenvalue weighted by Gasteiger charge is -2.27. The highest BCUT2D eigenvalue weighted by Crippen LogP contribution is 2.38. The number of carbonyl (C=O) groups is 1. The maximum absolute atomic E-state index is 12.9. The number of amides is 1. The Hall–Kier alpha value is -2.74. The van der Waals surface area contributed by atoms with Gasteiger partial charge in [-0.05, 0) is 63.1 Å². The van der Waals surface area contributed by atoms with Gasteiger partial charge in [-0.25, -0.2) is 8.42 Å². The SMILES string of the molecule is CCCN1C(=O)C(C)(C)COc2cc(NS(=O)(=O)c3ccc(OC)cc3C)ccc21. The summed E-state index contributed by atoms with van der Waals surface area (Å²) in [4.78, 5) is 14.8. The number of nitrogens with one attached hydrogen (secondary N) is 1. The monoisotopic (exact) mass is 432 g/mol. The van der Waals surface area contributed by atoms with Crippen molar-refractivity contribution in [1.29, 1.82) is 0 Å². The van der Waals surface area contributed by atoms with Crippen molar-refractivity contribution in [2.24, 2.45) is 5.41 Å². The molecule has 2 aromatic carbocycles. The van der Waals surface area contributed by atoms with Crippen LogP contribution in [-0.4, -0.2) is 34.6 Å². The van der Waals surface area contributed by atoms with Crippen LogP contribution in [0.2, 0.25) is 0 Å². The molecule has 8 heteroatoms. The zero-order chi connectivity index (χ0) is 22.1. The summed E-state index contributed by atoms with van der Waals surface area (Å²) in [5, 5.41) is 0. The first-order valence-electron chi connectivity index (χ1n) is 9.85. The smallest absolute Gasteiger partial charge is 0.262 e. The van der Waals surface area contributed by atoms with Crippen LogP contribution in [0.5, 0.6) is 11.5 Å². The van der Waals surface area contributed by atoms with Gasteiger partial charge in [0.15, 0.2) is 0 Å². The molecule has 1 N–H and O–H groups in total. The molecule has 3 rings (SSSR count). The molecule has 0 aromatic heterocycles. The second-order valence-electron chi connectivity index (χ2n) is 8.05. The van der Waals surface area contributed by atoms with Crippen molar-refractivity contribution in [3.8, 4) is 11.5 Å². The minimum absolute atomic E-state index is 0.00899. The Morgan fingerprint density at radius 3 is 2.57 bits per heavy atom. The van der Waals surface area contributed by atoms with Crippen molar-refractivity contribution in [2.75, 3.05) is 29.9 Å². The second-order valence-corrected chi connectivity index (χ2v) is 9.70. The Labute approximate surface area is 178 Å². The molecule has 7 nitrogen and oxygen atoms in total. The van der Waals surface area contributed by atoms with Crippen LogP contribution >= 0.6 is 0 Å². The van der Waals surface area contributed by atoms with Crippen LogP contribution < -0.4 is 19.1 Å². The summed E-state index contributed by atoms with van der Waals surface area (Å²) in [6.07, 6.45) is 0.798. The van der Waals surface area contributed by atoms with E-state index in [1.807, 2.05) is 20.8 Å². The number of ether oxygens (including phenoxy) is 2. The van der Waals surface area contributed by atoms with E-state index in [-0.39, 0.29) is 17.4 Å². The van der Waals surface area contributed by atoms with E-state index in [1.54, 1.807) is 42.2 Å². The fourth-order valence-electron chi connectivity index (χ4n) is 3.42. The van der Waals surface area contributed by atoms with Gasteiger partial charge < -0.3 is 14.4 Å². The molecule has 0 saturated carbocycles. The predicted molar refractivity (Wildman–Crippen MR) is 117 cm³/mol. The maximum Gasteiger partial charge on any atom is 0.262 e. The summed E-state index contributed by atoms with van der Waals surface area (Å²) in [5.41, 5.74) is 0.923. The Balaban J connectivity index is 1.95. The molecule has 30 heavy (non-hydrogen) atoms. The van der Waals surface area contributed by atoms with Gasteiger partial charge in [0.25, 0.3) is 10.0 Å². The Bertz CT molecular complexity index is 1060. The third-order valence-corrected chi connectivity index (χ3v) is 6.58. The maximum atomic E-state index is 12.9. The molecule has 1 aliphatic rings. The molecule has 0 saturated heterocycles. The normalized spacial score (nSPS) is 15.8. The first-order chi connectivity index (χ1) is 14.1. The summed E-state index contributed by atoms with van der Waals surface area (Å²) in [6.45, 7) is 8.19. The van der Waals surface area contributed by atoms with Gasteiger partial charge in [-0.2, -0.15) is 0 Å². The Kier molecular flexibility index (Phi) is 5.99. The van der Waals surface area contributed by atoms with E-state index in [0.29, 0.717) is 35.0 Å². The summed E-state index contributed by atoms with van der Waals surface area (Å²) in [6, 6.07) is 9.79. The lowest BCUT2D eigenvalue weighted by molar-refractivity contribution is -0.127. The van der Waals surface area contributed by atoms with Crippen LogP contribution in [0.1, 0.15) is 32.8 Å². The molecule has 0 fully saturated rings. The zero-order valence-corrected chi connectivity index (χ0v) is 18.8. The third kappa shape index (κ3) is 4.23. The predicted octanol–water partition coefficient (Wildman–Crippen LogP) is 3.97. The highest BCUT2D eigenvalue weighted by molar-refractivity contribution is 7.92. The van der Waals surface area contributed by atoms with E-state index >= 15 is 0 Å². The number of anilines is 2. The number of sulfonamides is 1. The topological polar surface area (TPSA) is 84.9 Å². The average molecular weight is 433 g/mol. The minimum atomic E-state index is -3.80. The number of carbonyl (C=O) groups excluding carboxylic acids is 1. The number of rotatable bonds is 6. The number of methoxy groups -OCH3 is 1. The first kappa shape index (κ1) is 22.0. The zero-order valence-electron chi connectivity index (χ0n) is 18.0. The van der Waals surface area contributed by atoms with Crippen molar-refractivity contribution in [3.05, 3.63) is 42.0 Å². The van der Waals surface area contributed by atoms with Crippen LogP contribution in [0, 0.1) is 12.3 Å². The number of aryl methyl sites for hydroxylation is 1. The van der Waals surface area contributed by atoms with Crippen LogP contribution in [0.25, 0.3) is 0 Å². The van der Waals surface area contributed by atoms with E-state index in [4.69, 9.17) is 9.47 Å². The van der Waals surface area contributed by atoms with Gasteiger partial charge in [0, 0.05) is 12.6 Å². The fraction of sp³-hybridized carbons (Fsp3) is 0.409. The Morgan fingerprint density at radius 2 is 1.93 bits per heavy atom. The van der Waals surface area contributed by atoms with Gasteiger partial charge in [0.2, 0.25) is 5.91 Å². The molecule has 0 bridgehead atoms. The molecule has 2 aromatic rings. The van der Waals surface area contributed by atoms with Gasteiger partial charge >= 0.3 is 0 Å². The summed E-state index contributed by atoms with van der Waals surface area (Å²) in [7, 11) is -2.27. The molecular weight excluding hydrogens is 404 g/mol. The second kappa shape index (κ2) is 8.18. The van der Waals surface area contributed by atoms with E-state index in [1.165, 1.54) is 13.2 Å². The number of hydrogen-bond acceptors (Lipinski definition) is 5. The quantitative estimate of drug-likeness (QED) is 0.747. The third-order valence-electron chi connectivity index (χ3n) is 5.03. The van der Waals surface area contributed by atoms with Crippen LogP contribution in [0.4, 0.5) is 11.4 Å². The fourth-order valence-corrected chi connectivity index (χ4v) is 4.69. The molecule has 0 radical (unpaired) electrons. The highest BCUT2D eigenvalue weighted by atomic mass is 32.2. The van der Waals surface area contributed by atoms with Crippen molar-refractivity contribution in [3.63, 3.8) is 0 Å². The van der Waals surface area contributed by atoms with Crippen LogP contribution in [0.15, 0.2) is 41.3 Å². The van der Waals surface area contributed by atoms with E-state index < -0.39 is 15.4 Å². The lowest BCUT2D eigenvalue weighted by Crippen LogP contribution is -2.42. The van der Waals surface area contributed by atoms with Gasteiger partial charge in [-0.1, -0.05) is 6.92 Å². The van der Waals surface area contributed by atoms with Crippen LogP contribution in [0.3, 0.4) is 0 Å². The highest BCUT2D eigenvalue weighted by Gasteiger charge is 2.37.